The molecule has 1 unspecified atom stereocenters. The van der Waals surface area contributed by atoms with Crippen LogP contribution in [0.4, 0.5) is 0 Å². The van der Waals surface area contributed by atoms with Gasteiger partial charge in [-0.3, -0.25) is 4.79 Å². The fraction of sp³-hybridized carbons (Fsp3) is 0.643. The van der Waals surface area contributed by atoms with Crippen LogP contribution in [0.15, 0.2) is 22.8 Å². The predicted molar refractivity (Wildman–Crippen MR) is 76.3 cm³/mol. The fourth-order valence-electron chi connectivity index (χ4n) is 2.26. The van der Waals surface area contributed by atoms with Crippen LogP contribution in [0.1, 0.15) is 31.9 Å². The first-order valence-electron chi connectivity index (χ1n) is 6.77. The Labute approximate surface area is 117 Å². The molecule has 5 heteroatoms. The molecule has 0 bridgehead atoms. The van der Waals surface area contributed by atoms with Crippen molar-refractivity contribution in [3.05, 3.63) is 24.2 Å². The van der Waals surface area contributed by atoms with Crippen molar-refractivity contribution >= 4 is 17.7 Å². The van der Waals surface area contributed by atoms with Crippen molar-refractivity contribution in [2.75, 3.05) is 12.3 Å². The van der Waals surface area contributed by atoms with Gasteiger partial charge in [0.05, 0.1) is 12.0 Å². The van der Waals surface area contributed by atoms with Gasteiger partial charge >= 0.3 is 5.97 Å². The average molecular weight is 283 g/mol. The Hall–Kier alpha value is -0.940. The largest absolute Gasteiger partial charge is 0.480 e. The van der Waals surface area contributed by atoms with Gasteiger partial charge in [0, 0.05) is 5.75 Å². The number of carboxylic acids is 1. The molecule has 1 aliphatic carbocycles. The van der Waals surface area contributed by atoms with Crippen LogP contribution >= 0.6 is 11.8 Å². The van der Waals surface area contributed by atoms with E-state index in [-0.39, 0.29) is 5.92 Å². The number of hydrogen-bond acceptors (Lipinski definition) is 4. The van der Waals surface area contributed by atoms with Gasteiger partial charge in [0.1, 0.15) is 11.3 Å². The van der Waals surface area contributed by atoms with Crippen LogP contribution in [-0.2, 0) is 10.5 Å². The Morgan fingerprint density at radius 1 is 1.63 bits per heavy atom. The molecule has 1 heterocycles. The molecule has 2 rings (SSSR count). The number of carboxylic acid groups (broad SMARTS) is 1. The summed E-state index contributed by atoms with van der Waals surface area (Å²) in [6.07, 6.45) is 4.63. The topological polar surface area (TPSA) is 62.5 Å². The lowest BCUT2D eigenvalue weighted by Crippen LogP contribution is -2.56. The number of carbonyl (C=O) groups is 1. The second-order valence-corrected chi connectivity index (χ2v) is 6.04. The molecule has 106 valence electrons. The third-order valence-electron chi connectivity index (χ3n) is 3.50. The second kappa shape index (κ2) is 6.48. The standard InChI is InChI=1S/C14H21NO3S/c1-2-7-15-14(13(16)17,11-5-6-11)10-19-9-12-4-3-8-18-12/h3-4,8,11,15H,2,5-7,9-10H2,1H3,(H,16,17). The van der Waals surface area contributed by atoms with E-state index in [1.807, 2.05) is 12.1 Å². The zero-order valence-corrected chi connectivity index (χ0v) is 12.0. The highest BCUT2D eigenvalue weighted by Crippen LogP contribution is 2.42. The Balaban J connectivity index is 1.94. The number of hydrogen-bond donors (Lipinski definition) is 2. The molecule has 1 atom stereocenters. The van der Waals surface area contributed by atoms with Crippen molar-refractivity contribution < 1.29 is 14.3 Å². The molecule has 0 aromatic carbocycles. The third kappa shape index (κ3) is 3.54. The highest BCUT2D eigenvalue weighted by atomic mass is 32.2. The molecule has 0 radical (unpaired) electrons. The maximum Gasteiger partial charge on any atom is 0.325 e. The van der Waals surface area contributed by atoms with Gasteiger partial charge < -0.3 is 14.8 Å². The minimum atomic E-state index is -0.757. The van der Waals surface area contributed by atoms with Crippen molar-refractivity contribution in [1.82, 2.24) is 5.32 Å². The number of thioether (sulfide) groups is 1. The molecule has 2 N–H and O–H groups in total. The van der Waals surface area contributed by atoms with Gasteiger partial charge in [0.2, 0.25) is 0 Å². The molecular weight excluding hydrogens is 262 g/mol. The van der Waals surface area contributed by atoms with Crippen LogP contribution in [0.3, 0.4) is 0 Å². The Morgan fingerprint density at radius 2 is 2.42 bits per heavy atom. The summed E-state index contributed by atoms with van der Waals surface area (Å²) in [6.45, 7) is 2.81. The third-order valence-corrected chi connectivity index (χ3v) is 4.65. The number of rotatable bonds is 9. The summed E-state index contributed by atoms with van der Waals surface area (Å²) in [5.41, 5.74) is -0.757. The molecule has 0 spiro atoms. The molecule has 1 saturated carbocycles. The van der Waals surface area contributed by atoms with E-state index in [1.54, 1.807) is 18.0 Å². The number of nitrogens with one attached hydrogen (secondary N) is 1. The summed E-state index contributed by atoms with van der Waals surface area (Å²) in [7, 11) is 0. The Morgan fingerprint density at radius 3 is 2.95 bits per heavy atom. The van der Waals surface area contributed by atoms with Gasteiger partial charge in [0.25, 0.3) is 0 Å². The molecule has 19 heavy (non-hydrogen) atoms. The Bertz CT molecular complexity index is 403. The molecule has 1 aliphatic rings. The van der Waals surface area contributed by atoms with Crippen molar-refractivity contribution in [1.29, 1.82) is 0 Å². The Kier molecular flexibility index (Phi) is 4.93. The average Bonchev–Trinajstić information content (AvgIpc) is 3.11. The SMILES string of the molecule is CCCNC(CSCc1ccco1)(C(=O)O)C1CC1. The molecule has 0 amide bonds. The monoisotopic (exact) mass is 283 g/mol. The summed E-state index contributed by atoms with van der Waals surface area (Å²) >= 11 is 1.63. The van der Waals surface area contributed by atoms with Crippen LogP contribution < -0.4 is 5.32 Å². The van der Waals surface area contributed by atoms with Crippen molar-refractivity contribution in [3.63, 3.8) is 0 Å². The van der Waals surface area contributed by atoms with Crippen molar-refractivity contribution in [2.45, 2.75) is 37.5 Å². The molecule has 0 saturated heterocycles. The van der Waals surface area contributed by atoms with E-state index in [0.29, 0.717) is 5.75 Å². The van der Waals surface area contributed by atoms with E-state index in [0.717, 1.165) is 37.3 Å². The van der Waals surface area contributed by atoms with Crippen molar-refractivity contribution in [3.8, 4) is 0 Å². The summed E-state index contributed by atoms with van der Waals surface area (Å²) < 4.78 is 5.28. The maximum absolute atomic E-state index is 11.7. The van der Waals surface area contributed by atoms with Crippen LogP contribution in [0, 0.1) is 5.92 Å². The zero-order valence-electron chi connectivity index (χ0n) is 11.2. The minimum Gasteiger partial charge on any atom is -0.480 e. The smallest absolute Gasteiger partial charge is 0.325 e. The predicted octanol–water partition coefficient (Wildman–Crippen LogP) is 2.75. The molecule has 4 nitrogen and oxygen atoms in total. The van der Waals surface area contributed by atoms with E-state index in [1.165, 1.54) is 0 Å². The quantitative estimate of drug-likeness (QED) is 0.729. The minimum absolute atomic E-state index is 0.278. The van der Waals surface area contributed by atoms with Gasteiger partial charge in [-0.05, 0) is 43.9 Å². The molecular formula is C14H21NO3S. The van der Waals surface area contributed by atoms with Gasteiger partial charge in [-0.15, -0.1) is 0 Å². The first-order chi connectivity index (χ1) is 9.19. The van der Waals surface area contributed by atoms with Gasteiger partial charge in [-0.1, -0.05) is 6.92 Å². The molecule has 1 aromatic heterocycles. The molecule has 1 aromatic rings. The lowest BCUT2D eigenvalue weighted by molar-refractivity contribution is -0.144. The van der Waals surface area contributed by atoms with Crippen LogP contribution in [0.5, 0.6) is 0 Å². The molecule has 0 aliphatic heterocycles. The fourth-order valence-corrected chi connectivity index (χ4v) is 3.51. The first-order valence-corrected chi connectivity index (χ1v) is 7.93. The second-order valence-electron chi connectivity index (χ2n) is 5.05. The van der Waals surface area contributed by atoms with Gasteiger partial charge in [-0.2, -0.15) is 11.8 Å². The van der Waals surface area contributed by atoms with Gasteiger partial charge in [0.15, 0.2) is 0 Å². The van der Waals surface area contributed by atoms with Crippen molar-refractivity contribution in [2.24, 2.45) is 5.92 Å². The first kappa shape index (κ1) is 14.5. The van der Waals surface area contributed by atoms with E-state index < -0.39 is 11.5 Å². The maximum atomic E-state index is 11.7. The van der Waals surface area contributed by atoms with E-state index >= 15 is 0 Å². The lowest BCUT2D eigenvalue weighted by atomic mass is 9.95. The summed E-state index contributed by atoms with van der Waals surface area (Å²) in [5, 5.41) is 12.9. The zero-order chi connectivity index (χ0) is 13.7. The summed E-state index contributed by atoms with van der Waals surface area (Å²) in [6, 6.07) is 3.78. The van der Waals surface area contributed by atoms with Gasteiger partial charge in [-0.25, -0.2) is 0 Å². The van der Waals surface area contributed by atoms with E-state index in [2.05, 4.69) is 12.2 Å². The van der Waals surface area contributed by atoms with Crippen LogP contribution in [0.2, 0.25) is 0 Å². The highest BCUT2D eigenvalue weighted by molar-refractivity contribution is 7.98. The van der Waals surface area contributed by atoms with Crippen LogP contribution in [-0.4, -0.2) is 28.9 Å². The van der Waals surface area contributed by atoms with Crippen LogP contribution in [0.25, 0.3) is 0 Å². The highest BCUT2D eigenvalue weighted by Gasteiger charge is 2.50. The van der Waals surface area contributed by atoms with E-state index in [4.69, 9.17) is 4.42 Å². The van der Waals surface area contributed by atoms with E-state index in [9.17, 15) is 9.90 Å². The lowest BCUT2D eigenvalue weighted by Gasteiger charge is -2.30. The molecule has 1 fully saturated rings. The summed E-state index contributed by atoms with van der Waals surface area (Å²) in [4.78, 5) is 11.7. The normalized spacial score (nSPS) is 18.2. The number of furan rings is 1. The summed E-state index contributed by atoms with van der Waals surface area (Å²) in [5.74, 6) is 1.78. The number of aliphatic carboxylic acids is 1.